The first-order chi connectivity index (χ1) is 10.5. The van der Waals surface area contributed by atoms with E-state index in [4.69, 9.17) is 11.6 Å². The van der Waals surface area contributed by atoms with Crippen LogP contribution in [-0.4, -0.2) is 10.9 Å². The van der Waals surface area contributed by atoms with Gasteiger partial charge in [-0.2, -0.15) is 0 Å². The molecule has 0 unspecified atom stereocenters. The highest BCUT2D eigenvalue weighted by molar-refractivity contribution is 9.10. The molecule has 1 aliphatic rings. The normalized spacial score (nSPS) is 16.0. The summed E-state index contributed by atoms with van der Waals surface area (Å²) in [7, 11) is 0. The van der Waals surface area contributed by atoms with Crippen LogP contribution in [0, 0.1) is 0 Å². The highest BCUT2D eigenvalue weighted by Crippen LogP contribution is 2.42. The predicted octanol–water partition coefficient (Wildman–Crippen LogP) is 5.07. The van der Waals surface area contributed by atoms with Crippen molar-refractivity contribution in [2.45, 2.75) is 24.8 Å². The molecule has 0 atom stereocenters. The molecule has 0 radical (unpaired) electrons. The van der Waals surface area contributed by atoms with Gasteiger partial charge in [0.15, 0.2) is 0 Å². The zero-order chi connectivity index (χ0) is 15.7. The van der Waals surface area contributed by atoms with Crippen LogP contribution in [0.4, 0.5) is 0 Å². The third-order valence-electron chi connectivity index (χ3n) is 3.99. The van der Waals surface area contributed by atoms with Gasteiger partial charge in [0.1, 0.15) is 5.15 Å². The molecule has 3 nitrogen and oxygen atoms in total. The van der Waals surface area contributed by atoms with E-state index in [2.05, 4.69) is 48.2 Å². The number of halogens is 3. The summed E-state index contributed by atoms with van der Waals surface area (Å²) in [5.74, 6) is -0.196. The molecule has 0 spiro atoms. The molecule has 114 valence electrons. The Morgan fingerprint density at radius 1 is 1.23 bits per heavy atom. The molecule has 1 N–H and O–H groups in total. The molecule has 0 bridgehead atoms. The number of amides is 1. The molecule has 1 aromatic carbocycles. The summed E-state index contributed by atoms with van der Waals surface area (Å²) in [6.45, 7) is 0. The van der Waals surface area contributed by atoms with Gasteiger partial charge in [-0.1, -0.05) is 39.7 Å². The van der Waals surface area contributed by atoms with E-state index >= 15 is 0 Å². The standard InChI is InChI=1S/C16H13Br2ClN2O/c17-11-4-1-3-10(7-11)16(5-2-6-16)21-15(22)13-8-12(18)9-20-14(13)19/h1,3-4,7-9H,2,5-6H2,(H,21,22). The van der Waals surface area contributed by atoms with Crippen molar-refractivity contribution < 1.29 is 4.79 Å². The summed E-state index contributed by atoms with van der Waals surface area (Å²) in [5.41, 5.74) is 1.19. The summed E-state index contributed by atoms with van der Waals surface area (Å²) >= 11 is 12.9. The Labute approximate surface area is 150 Å². The fourth-order valence-electron chi connectivity index (χ4n) is 2.67. The van der Waals surface area contributed by atoms with Crippen molar-refractivity contribution in [2.75, 3.05) is 0 Å². The smallest absolute Gasteiger partial charge is 0.255 e. The van der Waals surface area contributed by atoms with E-state index in [0.29, 0.717) is 5.56 Å². The van der Waals surface area contributed by atoms with Crippen molar-refractivity contribution in [1.82, 2.24) is 10.3 Å². The lowest BCUT2D eigenvalue weighted by molar-refractivity contribution is 0.0823. The van der Waals surface area contributed by atoms with Crippen LogP contribution in [0.2, 0.25) is 5.15 Å². The maximum atomic E-state index is 12.6. The third kappa shape index (κ3) is 3.07. The second-order valence-electron chi connectivity index (χ2n) is 5.39. The zero-order valence-corrected chi connectivity index (χ0v) is 15.5. The van der Waals surface area contributed by atoms with E-state index in [1.807, 2.05) is 18.2 Å². The number of benzene rings is 1. The highest BCUT2D eigenvalue weighted by Gasteiger charge is 2.40. The van der Waals surface area contributed by atoms with E-state index < -0.39 is 0 Å². The Hall–Kier alpha value is -0.910. The number of nitrogens with one attached hydrogen (secondary N) is 1. The summed E-state index contributed by atoms with van der Waals surface area (Å²) < 4.78 is 1.74. The molecule has 22 heavy (non-hydrogen) atoms. The van der Waals surface area contributed by atoms with Crippen LogP contribution in [0.5, 0.6) is 0 Å². The maximum absolute atomic E-state index is 12.6. The fourth-order valence-corrected chi connectivity index (χ4v) is 3.59. The van der Waals surface area contributed by atoms with Crippen molar-refractivity contribution in [3.63, 3.8) is 0 Å². The van der Waals surface area contributed by atoms with Crippen molar-refractivity contribution in [3.8, 4) is 0 Å². The largest absolute Gasteiger partial charge is 0.342 e. The lowest BCUT2D eigenvalue weighted by Crippen LogP contribution is -2.50. The lowest BCUT2D eigenvalue weighted by atomic mass is 9.71. The Bertz CT molecular complexity index is 732. The van der Waals surface area contributed by atoms with Gasteiger partial charge in [0.2, 0.25) is 0 Å². The molecule has 3 rings (SSSR count). The number of hydrogen-bond donors (Lipinski definition) is 1. The second kappa shape index (κ2) is 6.30. The SMILES string of the molecule is O=C(NC1(c2cccc(Br)c2)CCC1)c1cc(Br)cnc1Cl. The number of aromatic nitrogens is 1. The molecular weight excluding hydrogens is 431 g/mol. The molecule has 1 aliphatic carbocycles. The average molecular weight is 445 g/mol. The first kappa shape index (κ1) is 16.0. The predicted molar refractivity (Wildman–Crippen MR) is 94.1 cm³/mol. The molecule has 6 heteroatoms. The minimum Gasteiger partial charge on any atom is -0.342 e. The number of pyridine rings is 1. The molecule has 2 aromatic rings. The third-order valence-corrected chi connectivity index (χ3v) is 5.22. The molecule has 1 aromatic heterocycles. The first-order valence-electron chi connectivity index (χ1n) is 6.90. The van der Waals surface area contributed by atoms with Crippen molar-refractivity contribution in [2.24, 2.45) is 0 Å². The Kier molecular flexibility index (Phi) is 4.57. The quantitative estimate of drug-likeness (QED) is 0.672. The van der Waals surface area contributed by atoms with E-state index in [1.54, 1.807) is 12.3 Å². The van der Waals surface area contributed by atoms with Crippen molar-refractivity contribution >= 4 is 49.4 Å². The second-order valence-corrected chi connectivity index (χ2v) is 7.58. The van der Waals surface area contributed by atoms with Crippen LogP contribution in [0.1, 0.15) is 35.2 Å². The van der Waals surface area contributed by atoms with Gasteiger partial charge in [-0.25, -0.2) is 4.98 Å². The van der Waals surface area contributed by atoms with Gasteiger partial charge in [0.25, 0.3) is 5.91 Å². The van der Waals surface area contributed by atoms with Crippen LogP contribution in [-0.2, 0) is 5.54 Å². The van der Waals surface area contributed by atoms with Crippen molar-refractivity contribution in [3.05, 3.63) is 61.8 Å². The van der Waals surface area contributed by atoms with Gasteiger partial charge in [0, 0.05) is 15.1 Å². The first-order valence-corrected chi connectivity index (χ1v) is 8.86. The average Bonchev–Trinajstić information content (AvgIpc) is 2.45. The molecule has 0 aliphatic heterocycles. The molecule has 1 heterocycles. The summed E-state index contributed by atoms with van der Waals surface area (Å²) in [4.78, 5) is 16.6. The topological polar surface area (TPSA) is 42.0 Å². The van der Waals surface area contributed by atoms with E-state index in [1.165, 1.54) is 0 Å². The van der Waals surface area contributed by atoms with Gasteiger partial charge in [-0.15, -0.1) is 0 Å². The molecule has 1 fully saturated rings. The van der Waals surface area contributed by atoms with E-state index in [-0.39, 0.29) is 16.6 Å². The van der Waals surface area contributed by atoms with Gasteiger partial charge < -0.3 is 5.32 Å². The molecule has 0 saturated heterocycles. The molecule has 1 saturated carbocycles. The number of rotatable bonds is 3. The Morgan fingerprint density at radius 2 is 2.00 bits per heavy atom. The van der Waals surface area contributed by atoms with Crippen molar-refractivity contribution in [1.29, 1.82) is 0 Å². The van der Waals surface area contributed by atoms with Gasteiger partial charge in [0.05, 0.1) is 11.1 Å². The summed E-state index contributed by atoms with van der Waals surface area (Å²) in [6.07, 6.45) is 4.52. The molecular formula is C16H13Br2ClN2O. The summed E-state index contributed by atoms with van der Waals surface area (Å²) in [6, 6.07) is 9.76. The zero-order valence-electron chi connectivity index (χ0n) is 11.6. The fraction of sp³-hybridized carbons (Fsp3) is 0.250. The monoisotopic (exact) mass is 442 g/mol. The molecule has 1 amide bonds. The van der Waals surface area contributed by atoms with Crippen LogP contribution < -0.4 is 5.32 Å². The maximum Gasteiger partial charge on any atom is 0.255 e. The Balaban J connectivity index is 1.90. The Morgan fingerprint density at radius 3 is 2.64 bits per heavy atom. The summed E-state index contributed by atoms with van der Waals surface area (Å²) in [5, 5.41) is 3.37. The number of carbonyl (C=O) groups excluding carboxylic acids is 1. The highest BCUT2D eigenvalue weighted by atomic mass is 79.9. The number of carbonyl (C=O) groups is 1. The van der Waals surface area contributed by atoms with Crippen LogP contribution in [0.25, 0.3) is 0 Å². The van der Waals surface area contributed by atoms with E-state index in [9.17, 15) is 4.79 Å². The minimum atomic E-state index is -0.313. The number of hydrogen-bond acceptors (Lipinski definition) is 2. The van der Waals surface area contributed by atoms with Crippen LogP contribution >= 0.6 is 43.5 Å². The van der Waals surface area contributed by atoms with E-state index in [0.717, 1.165) is 33.8 Å². The number of nitrogens with zero attached hydrogens (tertiary/aromatic N) is 1. The van der Waals surface area contributed by atoms with Gasteiger partial charge >= 0.3 is 0 Å². The lowest BCUT2D eigenvalue weighted by Gasteiger charge is -2.43. The van der Waals surface area contributed by atoms with Crippen LogP contribution in [0.3, 0.4) is 0 Å². The van der Waals surface area contributed by atoms with Crippen LogP contribution in [0.15, 0.2) is 45.5 Å². The minimum absolute atomic E-state index is 0.196. The van der Waals surface area contributed by atoms with Gasteiger partial charge in [-0.3, -0.25) is 4.79 Å². The van der Waals surface area contributed by atoms with Gasteiger partial charge in [-0.05, 0) is 59.0 Å².